The summed E-state index contributed by atoms with van der Waals surface area (Å²) in [5.41, 5.74) is 0. The number of rotatable bonds is 2. The Morgan fingerprint density at radius 3 is 2.79 bits per heavy atom. The highest BCUT2D eigenvalue weighted by atomic mass is 19.3. The van der Waals surface area contributed by atoms with Crippen molar-refractivity contribution in [1.29, 1.82) is 0 Å². The molecular formula is C10H13F2NO. The van der Waals surface area contributed by atoms with Crippen LogP contribution in [0.4, 0.5) is 8.78 Å². The molecule has 0 heterocycles. The lowest BCUT2D eigenvalue weighted by Gasteiger charge is -2.13. The molecule has 4 heteroatoms. The van der Waals surface area contributed by atoms with Crippen LogP contribution in [0.25, 0.3) is 0 Å². The lowest BCUT2D eigenvalue weighted by atomic mass is 10.1. The van der Waals surface area contributed by atoms with E-state index in [1.54, 1.807) is 6.92 Å². The highest BCUT2D eigenvalue weighted by molar-refractivity contribution is 5.79. The fraction of sp³-hybridized carbons (Fsp3) is 0.700. The van der Waals surface area contributed by atoms with Gasteiger partial charge in [0.1, 0.15) is 0 Å². The van der Waals surface area contributed by atoms with Crippen molar-refractivity contribution in [2.24, 2.45) is 5.92 Å². The van der Waals surface area contributed by atoms with Crippen LogP contribution in [0.5, 0.6) is 0 Å². The van der Waals surface area contributed by atoms with E-state index in [1.807, 2.05) is 0 Å². The van der Waals surface area contributed by atoms with Gasteiger partial charge < -0.3 is 5.32 Å². The molecule has 1 fully saturated rings. The van der Waals surface area contributed by atoms with Crippen LogP contribution in [-0.2, 0) is 4.79 Å². The van der Waals surface area contributed by atoms with Gasteiger partial charge in [-0.3, -0.25) is 4.79 Å². The highest BCUT2D eigenvalue weighted by Crippen LogP contribution is 2.38. The van der Waals surface area contributed by atoms with Crippen LogP contribution >= 0.6 is 0 Å². The van der Waals surface area contributed by atoms with Crippen molar-refractivity contribution in [2.45, 2.75) is 38.2 Å². The molecule has 0 aromatic rings. The molecule has 78 valence electrons. The van der Waals surface area contributed by atoms with E-state index in [0.29, 0.717) is 0 Å². The van der Waals surface area contributed by atoms with Crippen LogP contribution in [-0.4, -0.2) is 17.9 Å². The second-order valence-electron chi connectivity index (χ2n) is 3.69. The van der Waals surface area contributed by atoms with Gasteiger partial charge in [-0.05, 0) is 13.3 Å². The first kappa shape index (κ1) is 11.0. The smallest absolute Gasteiger partial charge is 0.248 e. The molecule has 1 amide bonds. The second kappa shape index (κ2) is 3.95. The predicted octanol–water partition coefficient (Wildman–Crippen LogP) is 1.56. The van der Waals surface area contributed by atoms with Crippen LogP contribution in [0.15, 0.2) is 0 Å². The Kier molecular flexibility index (Phi) is 3.10. The zero-order chi connectivity index (χ0) is 10.8. The normalized spacial score (nSPS) is 26.6. The minimum atomic E-state index is -2.68. The summed E-state index contributed by atoms with van der Waals surface area (Å²) in [6.07, 6.45) is 4.76. The van der Waals surface area contributed by atoms with E-state index in [-0.39, 0.29) is 25.2 Å². The molecule has 2 atom stereocenters. The third-order valence-corrected chi connectivity index (χ3v) is 2.38. The van der Waals surface area contributed by atoms with Crippen molar-refractivity contribution in [3.63, 3.8) is 0 Å². The molecule has 2 nitrogen and oxygen atoms in total. The Bertz CT molecular complexity index is 270. The molecule has 1 aliphatic rings. The molecule has 1 rings (SSSR count). The molecule has 0 saturated heterocycles. The predicted molar refractivity (Wildman–Crippen MR) is 48.7 cm³/mol. The van der Waals surface area contributed by atoms with Gasteiger partial charge in [0.25, 0.3) is 0 Å². The summed E-state index contributed by atoms with van der Waals surface area (Å²) in [6, 6.07) is -0.392. The summed E-state index contributed by atoms with van der Waals surface area (Å²) < 4.78 is 25.5. The molecule has 0 radical (unpaired) electrons. The van der Waals surface area contributed by atoms with Crippen LogP contribution in [0, 0.1) is 18.3 Å². The summed E-state index contributed by atoms with van der Waals surface area (Å²) >= 11 is 0. The average Bonchev–Trinajstić information content (AvgIpc) is 2.46. The van der Waals surface area contributed by atoms with Crippen LogP contribution in [0.1, 0.15) is 26.2 Å². The Morgan fingerprint density at radius 2 is 2.36 bits per heavy atom. The van der Waals surface area contributed by atoms with E-state index in [9.17, 15) is 13.6 Å². The van der Waals surface area contributed by atoms with Gasteiger partial charge in [0.05, 0.1) is 6.04 Å². The number of hydrogen-bond donors (Lipinski definition) is 1. The number of amides is 1. The molecule has 0 bridgehead atoms. The molecule has 1 aliphatic carbocycles. The molecule has 0 aromatic carbocycles. The van der Waals surface area contributed by atoms with Gasteiger partial charge in [0, 0.05) is 18.8 Å². The third kappa shape index (κ3) is 2.69. The molecular weight excluding hydrogens is 188 g/mol. The fourth-order valence-electron chi connectivity index (χ4n) is 1.55. The van der Waals surface area contributed by atoms with Gasteiger partial charge in [-0.15, -0.1) is 6.42 Å². The van der Waals surface area contributed by atoms with E-state index in [1.165, 1.54) is 0 Å². The topological polar surface area (TPSA) is 29.1 Å². The van der Waals surface area contributed by atoms with E-state index >= 15 is 0 Å². The van der Waals surface area contributed by atoms with Crippen molar-refractivity contribution in [3.8, 4) is 12.3 Å². The number of nitrogens with one attached hydrogen (secondary N) is 1. The van der Waals surface area contributed by atoms with E-state index in [2.05, 4.69) is 11.2 Å². The quantitative estimate of drug-likeness (QED) is 0.675. The lowest BCUT2D eigenvalue weighted by Crippen LogP contribution is -2.36. The maximum absolute atomic E-state index is 12.8. The zero-order valence-electron chi connectivity index (χ0n) is 8.02. The average molecular weight is 201 g/mol. The van der Waals surface area contributed by atoms with Crippen molar-refractivity contribution >= 4 is 5.91 Å². The molecule has 1 N–H and O–H groups in total. The largest absolute Gasteiger partial charge is 0.343 e. The lowest BCUT2D eigenvalue weighted by molar-refractivity contribution is -0.126. The van der Waals surface area contributed by atoms with Crippen molar-refractivity contribution < 1.29 is 13.6 Å². The third-order valence-electron chi connectivity index (χ3n) is 2.38. The Balaban J connectivity index is 2.45. The molecule has 1 saturated carbocycles. The number of terminal acetylenes is 1. The van der Waals surface area contributed by atoms with Gasteiger partial charge in [-0.2, -0.15) is 0 Å². The molecule has 0 aromatic heterocycles. The van der Waals surface area contributed by atoms with Crippen molar-refractivity contribution in [3.05, 3.63) is 0 Å². The van der Waals surface area contributed by atoms with E-state index in [0.717, 1.165) is 0 Å². The Hall–Kier alpha value is -1.11. The van der Waals surface area contributed by atoms with Crippen molar-refractivity contribution in [1.82, 2.24) is 5.32 Å². The monoisotopic (exact) mass is 201 g/mol. The number of carbonyl (C=O) groups excluding carboxylic acids is 1. The highest BCUT2D eigenvalue weighted by Gasteiger charge is 2.42. The SMILES string of the molecule is C#CC(C)NC(=O)C1CCC(F)(F)C1. The van der Waals surface area contributed by atoms with E-state index in [4.69, 9.17) is 6.42 Å². The summed E-state index contributed by atoms with van der Waals surface area (Å²) in [7, 11) is 0. The van der Waals surface area contributed by atoms with Gasteiger partial charge in [-0.25, -0.2) is 8.78 Å². The first-order chi connectivity index (χ1) is 6.44. The van der Waals surface area contributed by atoms with Gasteiger partial charge >= 0.3 is 0 Å². The zero-order valence-corrected chi connectivity index (χ0v) is 8.02. The standard InChI is InChI=1S/C10H13F2NO/c1-3-7(2)13-9(14)8-4-5-10(11,12)6-8/h1,7-8H,4-6H2,2H3,(H,13,14). The molecule has 0 aliphatic heterocycles. The maximum atomic E-state index is 12.8. The van der Waals surface area contributed by atoms with Gasteiger partial charge in [-0.1, -0.05) is 5.92 Å². The maximum Gasteiger partial charge on any atom is 0.248 e. The number of alkyl halides is 2. The number of halogens is 2. The number of carbonyl (C=O) groups is 1. The summed E-state index contributed by atoms with van der Waals surface area (Å²) in [5.74, 6) is -1.30. The summed E-state index contributed by atoms with van der Waals surface area (Å²) in [6.45, 7) is 1.64. The molecule has 2 unspecified atom stereocenters. The fourth-order valence-corrected chi connectivity index (χ4v) is 1.55. The second-order valence-corrected chi connectivity index (χ2v) is 3.69. The minimum absolute atomic E-state index is 0.199. The first-order valence-corrected chi connectivity index (χ1v) is 4.59. The van der Waals surface area contributed by atoms with Gasteiger partial charge in [0.15, 0.2) is 0 Å². The summed E-state index contributed by atoms with van der Waals surface area (Å²) in [4.78, 5) is 11.4. The Morgan fingerprint density at radius 1 is 1.71 bits per heavy atom. The van der Waals surface area contributed by atoms with E-state index < -0.39 is 17.9 Å². The number of hydrogen-bond acceptors (Lipinski definition) is 1. The minimum Gasteiger partial charge on any atom is -0.343 e. The van der Waals surface area contributed by atoms with Crippen LogP contribution in [0.2, 0.25) is 0 Å². The Labute approximate surface area is 82.1 Å². The van der Waals surface area contributed by atoms with Crippen LogP contribution < -0.4 is 5.32 Å². The summed E-state index contributed by atoms with van der Waals surface area (Å²) in [5, 5.41) is 2.50. The molecule has 14 heavy (non-hydrogen) atoms. The van der Waals surface area contributed by atoms with Gasteiger partial charge in [0.2, 0.25) is 11.8 Å². The first-order valence-electron chi connectivity index (χ1n) is 4.59. The van der Waals surface area contributed by atoms with Crippen molar-refractivity contribution in [2.75, 3.05) is 0 Å². The van der Waals surface area contributed by atoms with Crippen LogP contribution in [0.3, 0.4) is 0 Å². The molecule has 0 spiro atoms.